The minimum Gasteiger partial charge on any atom is -0.381 e. The van der Waals surface area contributed by atoms with Crippen LogP contribution in [0, 0.1) is 5.82 Å². The smallest absolute Gasteiger partial charge is 0.381 e. The summed E-state index contributed by atoms with van der Waals surface area (Å²) in [6.45, 7) is 1.34. The first-order chi connectivity index (χ1) is 12.8. The number of carbonyl (C=O) groups is 1. The maximum atomic E-state index is 13.4. The van der Waals surface area contributed by atoms with E-state index in [1.807, 2.05) is 30.3 Å². The molecule has 0 radical (unpaired) electrons. The second kappa shape index (κ2) is 7.68. The highest BCUT2D eigenvalue weighted by Gasteiger charge is 2.36. The van der Waals surface area contributed by atoms with E-state index in [1.165, 1.54) is 0 Å². The van der Waals surface area contributed by atoms with Gasteiger partial charge in [-0.15, -0.1) is 0 Å². The van der Waals surface area contributed by atoms with Gasteiger partial charge in [-0.2, -0.15) is 13.2 Å². The Morgan fingerprint density at radius 1 is 1.07 bits per heavy atom. The lowest BCUT2D eigenvalue weighted by Crippen LogP contribution is -2.44. The van der Waals surface area contributed by atoms with E-state index in [0.29, 0.717) is 38.2 Å². The van der Waals surface area contributed by atoms with E-state index in [0.717, 1.165) is 11.6 Å². The first kappa shape index (κ1) is 19.4. The third kappa shape index (κ3) is 4.30. The maximum Gasteiger partial charge on any atom is 0.419 e. The van der Waals surface area contributed by atoms with Crippen molar-refractivity contribution in [2.75, 3.05) is 19.8 Å². The summed E-state index contributed by atoms with van der Waals surface area (Å²) in [4.78, 5) is 12.4. The molecule has 1 amide bonds. The monoisotopic (exact) mass is 381 g/mol. The molecule has 1 N–H and O–H groups in total. The lowest BCUT2D eigenvalue weighted by molar-refractivity contribution is -0.140. The highest BCUT2D eigenvalue weighted by Crippen LogP contribution is 2.35. The Morgan fingerprint density at radius 3 is 2.37 bits per heavy atom. The van der Waals surface area contributed by atoms with Gasteiger partial charge in [0, 0.05) is 30.7 Å². The zero-order valence-corrected chi connectivity index (χ0v) is 14.5. The first-order valence-electron chi connectivity index (χ1n) is 8.60. The van der Waals surface area contributed by atoms with E-state index in [2.05, 4.69) is 5.32 Å². The van der Waals surface area contributed by atoms with Gasteiger partial charge in [-0.05, 0) is 36.6 Å². The fraction of sp³-hybridized carbons (Fsp3) is 0.350. The molecule has 0 aromatic heterocycles. The van der Waals surface area contributed by atoms with Gasteiger partial charge < -0.3 is 10.1 Å². The van der Waals surface area contributed by atoms with Crippen LogP contribution in [0.1, 0.15) is 34.3 Å². The summed E-state index contributed by atoms with van der Waals surface area (Å²) < 4.78 is 57.4. The number of nitrogens with one attached hydrogen (secondary N) is 1. The van der Waals surface area contributed by atoms with Crippen LogP contribution >= 0.6 is 0 Å². The molecule has 27 heavy (non-hydrogen) atoms. The molecular weight excluding hydrogens is 362 g/mol. The third-order valence-electron chi connectivity index (χ3n) is 4.96. The van der Waals surface area contributed by atoms with Gasteiger partial charge in [0.1, 0.15) is 5.82 Å². The number of amides is 1. The number of carbonyl (C=O) groups excluding carboxylic acids is 1. The van der Waals surface area contributed by atoms with E-state index in [9.17, 15) is 22.4 Å². The Kier molecular flexibility index (Phi) is 5.51. The third-order valence-corrected chi connectivity index (χ3v) is 4.96. The van der Waals surface area contributed by atoms with Crippen molar-refractivity contribution in [1.82, 2.24) is 5.32 Å². The molecule has 1 aliphatic heterocycles. The van der Waals surface area contributed by atoms with Crippen molar-refractivity contribution >= 4 is 5.91 Å². The molecule has 3 rings (SSSR count). The molecule has 1 heterocycles. The molecule has 1 saturated heterocycles. The van der Waals surface area contributed by atoms with Gasteiger partial charge in [0.25, 0.3) is 5.91 Å². The average Bonchev–Trinajstić information content (AvgIpc) is 2.67. The van der Waals surface area contributed by atoms with Crippen molar-refractivity contribution in [3.63, 3.8) is 0 Å². The lowest BCUT2D eigenvalue weighted by Gasteiger charge is -2.38. The number of rotatable bonds is 4. The van der Waals surface area contributed by atoms with Crippen molar-refractivity contribution in [2.24, 2.45) is 0 Å². The van der Waals surface area contributed by atoms with Crippen LogP contribution in [0.2, 0.25) is 0 Å². The van der Waals surface area contributed by atoms with Crippen LogP contribution in [-0.2, 0) is 16.3 Å². The first-order valence-corrected chi connectivity index (χ1v) is 8.60. The Bertz CT molecular complexity index is 799. The predicted molar refractivity (Wildman–Crippen MR) is 91.9 cm³/mol. The van der Waals surface area contributed by atoms with Crippen LogP contribution in [0.3, 0.4) is 0 Å². The fourth-order valence-corrected chi connectivity index (χ4v) is 3.36. The molecule has 0 atom stereocenters. The van der Waals surface area contributed by atoms with Gasteiger partial charge in [-0.25, -0.2) is 4.39 Å². The van der Waals surface area contributed by atoms with Crippen molar-refractivity contribution in [1.29, 1.82) is 0 Å². The summed E-state index contributed by atoms with van der Waals surface area (Å²) in [6, 6.07) is 11.9. The Labute approximate surface area is 154 Å². The molecule has 2 aromatic carbocycles. The maximum absolute atomic E-state index is 13.4. The molecular formula is C20H19F4NO2. The van der Waals surface area contributed by atoms with Gasteiger partial charge in [0.2, 0.25) is 0 Å². The van der Waals surface area contributed by atoms with Crippen LogP contribution in [0.5, 0.6) is 0 Å². The Morgan fingerprint density at radius 2 is 1.74 bits per heavy atom. The molecule has 1 fully saturated rings. The van der Waals surface area contributed by atoms with Crippen LogP contribution in [0.15, 0.2) is 48.5 Å². The number of halogens is 4. The van der Waals surface area contributed by atoms with Crippen LogP contribution < -0.4 is 5.32 Å². The highest BCUT2D eigenvalue weighted by molar-refractivity contribution is 5.94. The van der Waals surface area contributed by atoms with Gasteiger partial charge in [0.15, 0.2) is 0 Å². The Balaban J connectivity index is 1.79. The summed E-state index contributed by atoms with van der Waals surface area (Å²) >= 11 is 0. The molecule has 3 nitrogen and oxygen atoms in total. The topological polar surface area (TPSA) is 38.3 Å². The quantitative estimate of drug-likeness (QED) is 0.801. The fourth-order valence-electron chi connectivity index (χ4n) is 3.36. The summed E-state index contributed by atoms with van der Waals surface area (Å²) in [5.74, 6) is -2.06. The molecule has 0 aliphatic carbocycles. The second-order valence-corrected chi connectivity index (χ2v) is 6.63. The predicted octanol–water partition coefficient (Wildman–Crippen LogP) is 4.32. The molecule has 144 valence electrons. The van der Waals surface area contributed by atoms with Crippen molar-refractivity contribution in [3.05, 3.63) is 71.0 Å². The normalized spacial score (nSPS) is 16.7. The highest BCUT2D eigenvalue weighted by atomic mass is 19.4. The van der Waals surface area contributed by atoms with Crippen LogP contribution in [0.4, 0.5) is 17.6 Å². The number of alkyl halides is 3. The van der Waals surface area contributed by atoms with E-state index < -0.39 is 23.5 Å². The van der Waals surface area contributed by atoms with E-state index in [4.69, 9.17) is 4.74 Å². The number of hydrogen-bond donors (Lipinski definition) is 1. The van der Waals surface area contributed by atoms with Crippen LogP contribution in [0.25, 0.3) is 0 Å². The van der Waals surface area contributed by atoms with Crippen molar-refractivity contribution < 1.29 is 27.1 Å². The zero-order valence-electron chi connectivity index (χ0n) is 14.5. The average molecular weight is 381 g/mol. The lowest BCUT2D eigenvalue weighted by atomic mass is 9.74. The summed E-state index contributed by atoms with van der Waals surface area (Å²) in [5, 5.41) is 2.72. The minimum atomic E-state index is -4.85. The van der Waals surface area contributed by atoms with E-state index in [-0.39, 0.29) is 17.5 Å². The minimum absolute atomic E-state index is 0.223. The van der Waals surface area contributed by atoms with Crippen LogP contribution in [-0.4, -0.2) is 25.7 Å². The van der Waals surface area contributed by atoms with Gasteiger partial charge >= 0.3 is 6.18 Å². The number of benzene rings is 2. The standard InChI is InChI=1S/C20H19F4NO2/c21-17-7-6-14(12-16(17)20(22,23)24)18(26)25-13-19(8-10-27-11-9-19)15-4-2-1-3-5-15/h1-7,12H,8-11,13H2,(H,25,26). The van der Waals surface area contributed by atoms with Gasteiger partial charge in [-0.3, -0.25) is 4.79 Å². The second-order valence-electron chi connectivity index (χ2n) is 6.63. The summed E-state index contributed by atoms with van der Waals surface area (Å²) in [5.41, 5.74) is -0.969. The molecule has 0 saturated carbocycles. The SMILES string of the molecule is O=C(NCC1(c2ccccc2)CCOCC1)c1ccc(F)c(C(F)(F)F)c1. The van der Waals surface area contributed by atoms with Crippen molar-refractivity contribution in [2.45, 2.75) is 24.4 Å². The summed E-state index contributed by atoms with van der Waals surface area (Å²) in [7, 11) is 0. The van der Waals surface area contributed by atoms with Gasteiger partial charge in [-0.1, -0.05) is 30.3 Å². The molecule has 1 aliphatic rings. The zero-order chi connectivity index (χ0) is 19.5. The number of hydrogen-bond acceptors (Lipinski definition) is 2. The molecule has 0 spiro atoms. The largest absolute Gasteiger partial charge is 0.419 e. The molecule has 0 bridgehead atoms. The van der Waals surface area contributed by atoms with Gasteiger partial charge in [0.05, 0.1) is 5.56 Å². The van der Waals surface area contributed by atoms with Crippen molar-refractivity contribution in [3.8, 4) is 0 Å². The molecule has 7 heteroatoms. The molecule has 2 aromatic rings. The number of ether oxygens (including phenoxy) is 1. The molecule has 0 unspecified atom stereocenters. The summed E-state index contributed by atoms with van der Waals surface area (Å²) in [6.07, 6.45) is -3.48. The van der Waals surface area contributed by atoms with E-state index in [1.54, 1.807) is 0 Å². The van der Waals surface area contributed by atoms with E-state index >= 15 is 0 Å². The Hall–Kier alpha value is -2.41.